The molecule has 0 N–H and O–H groups in total. The summed E-state index contributed by atoms with van der Waals surface area (Å²) in [4.78, 5) is 24.8. The van der Waals surface area contributed by atoms with Crippen LogP contribution in [-0.4, -0.2) is 43.8 Å². The Hall–Kier alpha value is -3.31. The van der Waals surface area contributed by atoms with E-state index in [-0.39, 0.29) is 17.9 Å². The molecule has 1 aromatic carbocycles. The highest BCUT2D eigenvalue weighted by atomic mass is 32.2. The molecule has 0 spiro atoms. The third kappa shape index (κ3) is 4.34. The van der Waals surface area contributed by atoms with Crippen molar-refractivity contribution in [1.29, 1.82) is 0 Å². The number of aromatic nitrogens is 3. The molecular weight excluding hydrogens is 450 g/mol. The van der Waals surface area contributed by atoms with Gasteiger partial charge < -0.3 is 4.74 Å². The van der Waals surface area contributed by atoms with Gasteiger partial charge in [0.15, 0.2) is 5.82 Å². The van der Waals surface area contributed by atoms with Gasteiger partial charge >= 0.3 is 5.97 Å². The fourth-order valence-electron chi connectivity index (χ4n) is 3.19. The number of fused-ring (bicyclic) bond motifs is 1. The predicted octanol–water partition coefficient (Wildman–Crippen LogP) is 4.43. The van der Waals surface area contributed by atoms with Crippen LogP contribution in [0.25, 0.3) is 16.8 Å². The molecule has 1 aliphatic rings. The number of carbonyl (C=O) groups is 1. The number of nitro benzene ring substituents is 1. The molecule has 0 radical (unpaired) electrons. The summed E-state index contributed by atoms with van der Waals surface area (Å²) in [5.74, 6) is 0.441. The zero-order valence-electron chi connectivity index (χ0n) is 17.3. The first-order valence-corrected chi connectivity index (χ1v) is 11.7. The number of ether oxygens (including phenoxy) is 1. The molecule has 2 aromatic heterocycles. The van der Waals surface area contributed by atoms with Gasteiger partial charge in [0.1, 0.15) is 0 Å². The SMILES string of the molecule is CCOC(=O)/C(=C\c1ccc(CC)c([N+](=O)[O-])c1)C1=Nn2c(nnc2-c2cccs2)SC1. The van der Waals surface area contributed by atoms with Gasteiger partial charge in [0.2, 0.25) is 5.16 Å². The average Bonchev–Trinajstić information content (AvgIpc) is 3.46. The number of nitrogens with zero attached hydrogens (tertiary/aromatic N) is 5. The first kappa shape index (κ1) is 21.9. The Labute approximate surface area is 192 Å². The highest BCUT2D eigenvalue weighted by molar-refractivity contribution is 7.99. The van der Waals surface area contributed by atoms with Crippen LogP contribution in [0.4, 0.5) is 5.69 Å². The van der Waals surface area contributed by atoms with E-state index in [1.807, 2.05) is 24.4 Å². The van der Waals surface area contributed by atoms with Gasteiger partial charge in [-0.2, -0.15) is 9.78 Å². The quantitative estimate of drug-likeness (QED) is 0.218. The van der Waals surface area contributed by atoms with Gasteiger partial charge in [0.25, 0.3) is 5.69 Å². The first-order chi connectivity index (χ1) is 15.5. The number of thioether (sulfide) groups is 1. The van der Waals surface area contributed by atoms with Crippen molar-refractivity contribution in [2.45, 2.75) is 25.4 Å². The molecule has 3 aromatic rings. The largest absolute Gasteiger partial charge is 0.462 e. The Bertz CT molecular complexity index is 1230. The molecule has 3 heterocycles. The topological polar surface area (TPSA) is 113 Å². The lowest BCUT2D eigenvalue weighted by Crippen LogP contribution is -2.21. The Morgan fingerprint density at radius 2 is 2.16 bits per heavy atom. The second-order valence-corrected chi connectivity index (χ2v) is 8.60. The van der Waals surface area contributed by atoms with Crippen LogP contribution in [0.3, 0.4) is 0 Å². The van der Waals surface area contributed by atoms with Crippen molar-refractivity contribution in [1.82, 2.24) is 14.9 Å². The molecular formula is C21H19N5O4S2. The first-order valence-electron chi connectivity index (χ1n) is 9.88. The van der Waals surface area contributed by atoms with Crippen molar-refractivity contribution in [3.63, 3.8) is 0 Å². The number of nitro groups is 1. The number of carbonyl (C=O) groups excluding carboxylic acids is 1. The van der Waals surface area contributed by atoms with Crippen molar-refractivity contribution in [2.24, 2.45) is 5.10 Å². The Morgan fingerprint density at radius 3 is 2.84 bits per heavy atom. The van der Waals surface area contributed by atoms with Crippen molar-refractivity contribution in [3.8, 4) is 10.7 Å². The predicted molar refractivity (Wildman–Crippen MR) is 124 cm³/mol. The zero-order chi connectivity index (χ0) is 22.7. The molecule has 0 fully saturated rings. The van der Waals surface area contributed by atoms with Gasteiger partial charge in [0.05, 0.1) is 27.7 Å². The molecule has 164 valence electrons. The van der Waals surface area contributed by atoms with Crippen LogP contribution in [0, 0.1) is 10.1 Å². The third-order valence-corrected chi connectivity index (χ3v) is 6.51. The van der Waals surface area contributed by atoms with Gasteiger partial charge in [-0.25, -0.2) is 4.79 Å². The monoisotopic (exact) mass is 469 g/mol. The van der Waals surface area contributed by atoms with Crippen molar-refractivity contribution in [3.05, 3.63) is 62.5 Å². The maximum absolute atomic E-state index is 12.8. The fraction of sp³-hybridized carbons (Fsp3) is 0.238. The molecule has 0 unspecified atom stereocenters. The van der Waals surface area contributed by atoms with Crippen molar-refractivity contribution >= 4 is 46.5 Å². The third-order valence-electron chi connectivity index (χ3n) is 4.72. The molecule has 11 heteroatoms. The lowest BCUT2D eigenvalue weighted by atomic mass is 10.0. The van der Waals surface area contributed by atoms with E-state index >= 15 is 0 Å². The van der Waals surface area contributed by atoms with E-state index in [1.54, 1.807) is 29.8 Å². The molecule has 0 aliphatic carbocycles. The number of hydrogen-bond donors (Lipinski definition) is 0. The van der Waals surface area contributed by atoms with Gasteiger partial charge in [-0.1, -0.05) is 36.9 Å². The second kappa shape index (κ2) is 9.45. The standard InChI is InChI=1S/C21H19N5O4S2/c1-3-14-8-7-13(11-17(14)26(28)29)10-15(20(27)30-4-2)16-12-32-21-23-22-19(25(21)24-16)18-6-5-9-31-18/h5-11H,3-4,12H2,1-2H3/b15-10-. The summed E-state index contributed by atoms with van der Waals surface area (Å²) in [5.41, 5.74) is 1.91. The number of esters is 1. The minimum Gasteiger partial charge on any atom is -0.462 e. The van der Waals surface area contributed by atoms with Crippen LogP contribution in [0.1, 0.15) is 25.0 Å². The molecule has 1 aliphatic heterocycles. The highest BCUT2D eigenvalue weighted by Gasteiger charge is 2.26. The fourth-order valence-corrected chi connectivity index (χ4v) is 4.72. The minimum atomic E-state index is -0.539. The number of thiophene rings is 1. The number of hydrogen-bond acceptors (Lipinski definition) is 9. The average molecular weight is 470 g/mol. The summed E-state index contributed by atoms with van der Waals surface area (Å²) >= 11 is 2.93. The van der Waals surface area contributed by atoms with Crippen molar-refractivity contribution in [2.75, 3.05) is 12.4 Å². The summed E-state index contributed by atoms with van der Waals surface area (Å²) < 4.78 is 6.87. The van der Waals surface area contributed by atoms with Crippen LogP contribution in [-0.2, 0) is 16.0 Å². The van der Waals surface area contributed by atoms with E-state index in [0.717, 1.165) is 4.88 Å². The maximum atomic E-state index is 12.8. The highest BCUT2D eigenvalue weighted by Crippen LogP contribution is 2.31. The summed E-state index contributed by atoms with van der Waals surface area (Å²) in [6.07, 6.45) is 2.13. The number of rotatable bonds is 7. The summed E-state index contributed by atoms with van der Waals surface area (Å²) in [5, 5.41) is 27.1. The van der Waals surface area contributed by atoms with Crippen LogP contribution in [0.2, 0.25) is 0 Å². The van der Waals surface area contributed by atoms with Crippen LogP contribution >= 0.6 is 23.1 Å². The molecule has 0 amide bonds. The van der Waals surface area contributed by atoms with Gasteiger partial charge in [-0.3, -0.25) is 10.1 Å². The van der Waals surface area contributed by atoms with E-state index in [1.165, 1.54) is 29.2 Å². The minimum absolute atomic E-state index is 0.0190. The summed E-state index contributed by atoms with van der Waals surface area (Å²) in [6.45, 7) is 3.78. The molecule has 9 nitrogen and oxygen atoms in total. The molecule has 0 bridgehead atoms. The van der Waals surface area contributed by atoms with Gasteiger partial charge in [-0.15, -0.1) is 21.5 Å². The normalized spacial score (nSPS) is 13.4. The lowest BCUT2D eigenvalue weighted by Gasteiger charge is -2.15. The molecule has 0 saturated heterocycles. The second-order valence-electron chi connectivity index (χ2n) is 6.71. The molecule has 0 saturated carbocycles. The Kier molecular flexibility index (Phi) is 6.47. The number of aryl methyl sites for hydroxylation is 1. The molecule has 32 heavy (non-hydrogen) atoms. The summed E-state index contributed by atoms with van der Waals surface area (Å²) in [6, 6.07) is 8.77. The van der Waals surface area contributed by atoms with E-state index in [2.05, 4.69) is 15.3 Å². The van der Waals surface area contributed by atoms with E-state index < -0.39 is 10.9 Å². The van der Waals surface area contributed by atoms with Crippen LogP contribution < -0.4 is 0 Å². The van der Waals surface area contributed by atoms with Gasteiger partial charge in [0, 0.05) is 17.4 Å². The maximum Gasteiger partial charge on any atom is 0.340 e. The van der Waals surface area contributed by atoms with Gasteiger partial charge in [-0.05, 0) is 36.4 Å². The van der Waals surface area contributed by atoms with Crippen LogP contribution in [0.15, 0.2) is 51.5 Å². The zero-order valence-corrected chi connectivity index (χ0v) is 19.0. The van der Waals surface area contributed by atoms with Crippen molar-refractivity contribution < 1.29 is 14.5 Å². The van der Waals surface area contributed by atoms with Crippen LogP contribution in [0.5, 0.6) is 0 Å². The lowest BCUT2D eigenvalue weighted by molar-refractivity contribution is -0.385. The van der Waals surface area contributed by atoms with E-state index in [0.29, 0.717) is 40.0 Å². The summed E-state index contributed by atoms with van der Waals surface area (Å²) in [7, 11) is 0. The van der Waals surface area contributed by atoms with E-state index in [9.17, 15) is 14.9 Å². The molecule has 4 rings (SSSR count). The Balaban J connectivity index is 1.80. The molecule has 0 atom stereocenters. The smallest absolute Gasteiger partial charge is 0.340 e. The Morgan fingerprint density at radius 1 is 1.31 bits per heavy atom. The number of benzene rings is 1. The van der Waals surface area contributed by atoms with E-state index in [4.69, 9.17) is 4.74 Å².